The lowest BCUT2D eigenvalue weighted by Gasteiger charge is -2.28. The van der Waals surface area contributed by atoms with Gasteiger partial charge in [-0.3, -0.25) is 9.78 Å². The van der Waals surface area contributed by atoms with Crippen LogP contribution in [0.1, 0.15) is 21.9 Å². The molecule has 1 aliphatic heterocycles. The van der Waals surface area contributed by atoms with Gasteiger partial charge >= 0.3 is 0 Å². The first kappa shape index (κ1) is 16.1. The quantitative estimate of drug-likeness (QED) is 0.708. The van der Waals surface area contributed by atoms with E-state index in [1.165, 1.54) is 19.5 Å². The molecule has 1 amide bonds. The predicted octanol–water partition coefficient (Wildman–Crippen LogP) is 1.54. The number of carbonyl (C=O) groups is 1. The van der Waals surface area contributed by atoms with Gasteiger partial charge in [0.05, 0.1) is 37.4 Å². The molecule has 4 heterocycles. The standard InChI is InChI=1S/C18H16N6O2/c1-26-13-8-20-17(21-9-13)18(25)24-6-4-15-14(10-24)16(23-11-22-15)12-3-2-5-19-7-12/h2-3,5,7-9,11H,4,6,10H2,1H3. The third kappa shape index (κ3) is 2.97. The third-order valence-electron chi connectivity index (χ3n) is 4.28. The molecule has 0 aliphatic carbocycles. The molecule has 0 saturated carbocycles. The van der Waals surface area contributed by atoms with Crippen molar-refractivity contribution in [3.63, 3.8) is 0 Å². The molecule has 0 bridgehead atoms. The van der Waals surface area contributed by atoms with Crippen molar-refractivity contribution in [1.82, 2.24) is 29.8 Å². The fourth-order valence-corrected chi connectivity index (χ4v) is 2.94. The SMILES string of the molecule is COc1cnc(C(=O)N2CCc3ncnc(-c4cccnc4)c3C2)nc1. The normalized spacial score (nSPS) is 13.2. The van der Waals surface area contributed by atoms with E-state index in [-0.39, 0.29) is 11.7 Å². The number of pyridine rings is 1. The number of hydrogen-bond donors (Lipinski definition) is 0. The molecule has 0 radical (unpaired) electrons. The van der Waals surface area contributed by atoms with E-state index < -0.39 is 0 Å². The van der Waals surface area contributed by atoms with Crippen molar-refractivity contribution in [3.05, 3.63) is 60.3 Å². The zero-order valence-corrected chi connectivity index (χ0v) is 14.2. The molecule has 8 nitrogen and oxygen atoms in total. The largest absolute Gasteiger partial charge is 0.494 e. The van der Waals surface area contributed by atoms with Gasteiger partial charge in [0.25, 0.3) is 5.91 Å². The van der Waals surface area contributed by atoms with E-state index in [2.05, 4.69) is 24.9 Å². The molecule has 3 aromatic heterocycles. The van der Waals surface area contributed by atoms with E-state index in [0.29, 0.717) is 25.3 Å². The summed E-state index contributed by atoms with van der Waals surface area (Å²) >= 11 is 0. The second kappa shape index (κ2) is 6.83. The monoisotopic (exact) mass is 348 g/mol. The molecule has 8 heteroatoms. The summed E-state index contributed by atoms with van der Waals surface area (Å²) in [6, 6.07) is 3.81. The van der Waals surface area contributed by atoms with Crippen molar-refractivity contribution in [2.45, 2.75) is 13.0 Å². The van der Waals surface area contributed by atoms with Crippen molar-refractivity contribution >= 4 is 5.91 Å². The maximum atomic E-state index is 12.8. The van der Waals surface area contributed by atoms with Crippen molar-refractivity contribution in [3.8, 4) is 17.0 Å². The number of nitrogens with zero attached hydrogens (tertiary/aromatic N) is 6. The van der Waals surface area contributed by atoms with Crippen LogP contribution in [0.5, 0.6) is 5.75 Å². The lowest BCUT2D eigenvalue weighted by Crippen LogP contribution is -2.37. The molecule has 0 unspecified atom stereocenters. The van der Waals surface area contributed by atoms with E-state index >= 15 is 0 Å². The lowest BCUT2D eigenvalue weighted by atomic mass is 10.00. The Bertz CT molecular complexity index is 930. The van der Waals surface area contributed by atoms with Crippen molar-refractivity contribution in [2.75, 3.05) is 13.7 Å². The molecule has 0 saturated heterocycles. The number of ether oxygens (including phenoxy) is 1. The average molecular weight is 348 g/mol. The highest BCUT2D eigenvalue weighted by molar-refractivity contribution is 5.90. The van der Waals surface area contributed by atoms with Crippen LogP contribution in [0.4, 0.5) is 0 Å². The molecule has 26 heavy (non-hydrogen) atoms. The Morgan fingerprint density at radius 2 is 2.00 bits per heavy atom. The number of fused-ring (bicyclic) bond motifs is 1. The summed E-state index contributed by atoms with van der Waals surface area (Å²) < 4.78 is 5.03. The average Bonchev–Trinajstić information content (AvgIpc) is 2.73. The van der Waals surface area contributed by atoms with E-state index in [9.17, 15) is 4.79 Å². The minimum atomic E-state index is -0.223. The van der Waals surface area contributed by atoms with E-state index in [1.807, 2.05) is 12.1 Å². The number of hydrogen-bond acceptors (Lipinski definition) is 7. The maximum absolute atomic E-state index is 12.8. The third-order valence-corrected chi connectivity index (χ3v) is 4.28. The van der Waals surface area contributed by atoms with Crippen LogP contribution in [0.3, 0.4) is 0 Å². The van der Waals surface area contributed by atoms with Gasteiger partial charge in [-0.15, -0.1) is 0 Å². The minimum absolute atomic E-state index is 0.147. The minimum Gasteiger partial charge on any atom is -0.494 e. The first-order valence-electron chi connectivity index (χ1n) is 8.14. The Balaban J connectivity index is 1.63. The number of aromatic nitrogens is 5. The number of rotatable bonds is 3. The lowest BCUT2D eigenvalue weighted by molar-refractivity contribution is 0.0721. The van der Waals surface area contributed by atoms with Crippen LogP contribution < -0.4 is 4.74 Å². The van der Waals surface area contributed by atoms with Gasteiger partial charge < -0.3 is 9.64 Å². The van der Waals surface area contributed by atoms with Gasteiger partial charge in [0, 0.05) is 36.5 Å². The second-order valence-electron chi connectivity index (χ2n) is 5.81. The highest BCUT2D eigenvalue weighted by Crippen LogP contribution is 2.27. The van der Waals surface area contributed by atoms with E-state index in [0.717, 1.165) is 22.5 Å². The maximum Gasteiger partial charge on any atom is 0.291 e. The summed E-state index contributed by atoms with van der Waals surface area (Å²) in [6.45, 7) is 0.972. The number of methoxy groups -OCH3 is 1. The summed E-state index contributed by atoms with van der Waals surface area (Å²) in [5.74, 6) is 0.436. The summed E-state index contributed by atoms with van der Waals surface area (Å²) in [7, 11) is 1.53. The highest BCUT2D eigenvalue weighted by atomic mass is 16.5. The van der Waals surface area contributed by atoms with Crippen LogP contribution >= 0.6 is 0 Å². The second-order valence-corrected chi connectivity index (χ2v) is 5.81. The molecular weight excluding hydrogens is 332 g/mol. The molecule has 0 fully saturated rings. The van der Waals surface area contributed by atoms with E-state index in [4.69, 9.17) is 4.74 Å². The molecule has 0 aromatic carbocycles. The van der Waals surface area contributed by atoms with Crippen LogP contribution in [-0.2, 0) is 13.0 Å². The molecule has 0 atom stereocenters. The molecular formula is C18H16N6O2. The highest BCUT2D eigenvalue weighted by Gasteiger charge is 2.27. The smallest absolute Gasteiger partial charge is 0.291 e. The first-order valence-corrected chi connectivity index (χ1v) is 8.14. The van der Waals surface area contributed by atoms with Crippen LogP contribution in [0.15, 0.2) is 43.2 Å². The van der Waals surface area contributed by atoms with Gasteiger partial charge in [-0.25, -0.2) is 19.9 Å². The molecule has 130 valence electrons. The predicted molar refractivity (Wildman–Crippen MR) is 92.3 cm³/mol. The summed E-state index contributed by atoms with van der Waals surface area (Å²) in [4.78, 5) is 35.6. The Morgan fingerprint density at radius 3 is 2.73 bits per heavy atom. The summed E-state index contributed by atoms with van der Waals surface area (Å²) in [5.41, 5.74) is 3.60. The van der Waals surface area contributed by atoms with Crippen molar-refractivity contribution in [1.29, 1.82) is 0 Å². The van der Waals surface area contributed by atoms with E-state index in [1.54, 1.807) is 23.6 Å². The molecule has 3 aromatic rings. The summed E-state index contributed by atoms with van der Waals surface area (Å²) in [6.07, 6.45) is 8.67. The molecule has 1 aliphatic rings. The van der Waals surface area contributed by atoms with Gasteiger partial charge in [-0.05, 0) is 12.1 Å². The van der Waals surface area contributed by atoms with Gasteiger partial charge in [0.2, 0.25) is 5.82 Å². The zero-order valence-electron chi connectivity index (χ0n) is 14.2. The van der Waals surface area contributed by atoms with Crippen LogP contribution in [0, 0.1) is 0 Å². The molecule has 0 spiro atoms. The number of amides is 1. The van der Waals surface area contributed by atoms with Crippen LogP contribution in [0.25, 0.3) is 11.3 Å². The van der Waals surface area contributed by atoms with Crippen LogP contribution in [-0.4, -0.2) is 49.4 Å². The van der Waals surface area contributed by atoms with Gasteiger partial charge in [0.15, 0.2) is 5.75 Å². The Morgan fingerprint density at radius 1 is 1.15 bits per heavy atom. The van der Waals surface area contributed by atoms with Crippen molar-refractivity contribution < 1.29 is 9.53 Å². The van der Waals surface area contributed by atoms with Crippen molar-refractivity contribution in [2.24, 2.45) is 0 Å². The van der Waals surface area contributed by atoms with Crippen LogP contribution in [0.2, 0.25) is 0 Å². The topological polar surface area (TPSA) is 94.0 Å². The fraction of sp³-hybridized carbons (Fsp3) is 0.222. The fourth-order valence-electron chi connectivity index (χ4n) is 2.94. The number of carbonyl (C=O) groups excluding carboxylic acids is 1. The molecule has 0 N–H and O–H groups in total. The first-order chi connectivity index (χ1) is 12.8. The summed E-state index contributed by atoms with van der Waals surface area (Å²) in [5, 5.41) is 0. The van der Waals surface area contributed by atoms with Gasteiger partial charge in [0.1, 0.15) is 6.33 Å². The zero-order chi connectivity index (χ0) is 17.9. The Kier molecular flexibility index (Phi) is 4.22. The Labute approximate surface area is 149 Å². The van der Waals surface area contributed by atoms with Gasteiger partial charge in [-0.2, -0.15) is 0 Å². The Hall–Kier alpha value is -3.42. The molecule has 4 rings (SSSR count). The van der Waals surface area contributed by atoms with Gasteiger partial charge in [-0.1, -0.05) is 0 Å².